The molecule has 1 fully saturated rings. The summed E-state index contributed by atoms with van der Waals surface area (Å²) in [6.45, 7) is 3.37. The largest absolute Gasteiger partial charge is 0.300 e. The molecule has 0 amide bonds. The first kappa shape index (κ1) is 7.58. The van der Waals surface area contributed by atoms with Gasteiger partial charge in [0.25, 0.3) is 0 Å². The third kappa shape index (κ3) is 1.58. The monoisotopic (exact) mass is 186 g/mol. The van der Waals surface area contributed by atoms with Gasteiger partial charge in [0.1, 0.15) is 0 Å². The summed E-state index contributed by atoms with van der Waals surface area (Å²) in [7, 11) is 0. The predicted molar refractivity (Wildman–Crippen MR) is 49.9 cm³/mol. The lowest BCUT2D eigenvalue weighted by atomic mass is 10.4. The predicted octanol–water partition coefficient (Wildman–Crippen LogP) is 1.87. The molecule has 60 valence electrons. The molecule has 11 heavy (non-hydrogen) atoms. The molecule has 2 unspecified atom stereocenters. The number of thiazole rings is 1. The Bertz CT molecular complexity index is 222. The number of thioether (sulfide) groups is 1. The number of nitrogens with one attached hydrogen (secondary N) is 1. The number of nitrogens with zero attached hydrogens (tertiary/aromatic N) is 1. The zero-order valence-corrected chi connectivity index (χ0v) is 7.91. The lowest BCUT2D eigenvalue weighted by molar-refractivity contribution is 0.724. The second kappa shape index (κ2) is 3.13. The fraction of sp³-hybridized carbons (Fsp3) is 0.571. The van der Waals surface area contributed by atoms with E-state index in [0.717, 1.165) is 11.8 Å². The summed E-state index contributed by atoms with van der Waals surface area (Å²) >= 11 is 3.71. The average molecular weight is 186 g/mol. The van der Waals surface area contributed by atoms with E-state index in [2.05, 4.69) is 17.2 Å². The number of aromatic nitrogens is 1. The summed E-state index contributed by atoms with van der Waals surface area (Å²) in [6.07, 6.45) is 1.95. The van der Waals surface area contributed by atoms with E-state index in [4.69, 9.17) is 0 Å². The Balaban J connectivity index is 2.08. The van der Waals surface area contributed by atoms with Crippen molar-refractivity contribution < 1.29 is 0 Å². The molecule has 1 aliphatic rings. The van der Waals surface area contributed by atoms with Gasteiger partial charge in [-0.1, -0.05) is 6.92 Å². The first-order valence-electron chi connectivity index (χ1n) is 3.63. The van der Waals surface area contributed by atoms with E-state index in [1.165, 1.54) is 4.88 Å². The zero-order valence-electron chi connectivity index (χ0n) is 6.28. The second-order valence-electron chi connectivity index (χ2n) is 2.64. The van der Waals surface area contributed by atoms with Gasteiger partial charge in [0, 0.05) is 18.0 Å². The molecule has 2 atom stereocenters. The minimum absolute atomic E-state index is 0.498. The van der Waals surface area contributed by atoms with Crippen molar-refractivity contribution >= 4 is 23.1 Å². The first-order valence-corrected chi connectivity index (χ1v) is 5.46. The molecule has 0 spiro atoms. The molecule has 1 saturated heterocycles. The van der Waals surface area contributed by atoms with Crippen molar-refractivity contribution in [1.29, 1.82) is 0 Å². The Labute approximate surface area is 74.4 Å². The third-order valence-corrected chi connectivity index (χ3v) is 3.98. The van der Waals surface area contributed by atoms with E-state index >= 15 is 0 Å². The van der Waals surface area contributed by atoms with Crippen molar-refractivity contribution in [2.24, 2.45) is 0 Å². The van der Waals surface area contributed by atoms with Crippen molar-refractivity contribution in [1.82, 2.24) is 10.3 Å². The van der Waals surface area contributed by atoms with E-state index < -0.39 is 0 Å². The summed E-state index contributed by atoms with van der Waals surface area (Å²) in [5.41, 5.74) is 1.89. The SMILES string of the molecule is CC1CNC(c2cncs2)S1. The molecule has 0 bridgehead atoms. The van der Waals surface area contributed by atoms with Crippen LogP contribution in [0.4, 0.5) is 0 Å². The van der Waals surface area contributed by atoms with Crippen LogP contribution in [0.15, 0.2) is 11.7 Å². The molecular formula is C7H10N2S2. The Morgan fingerprint density at radius 1 is 1.73 bits per heavy atom. The molecule has 0 radical (unpaired) electrons. The van der Waals surface area contributed by atoms with Gasteiger partial charge in [-0.3, -0.25) is 10.3 Å². The van der Waals surface area contributed by atoms with Crippen LogP contribution in [0.5, 0.6) is 0 Å². The van der Waals surface area contributed by atoms with Crippen LogP contribution < -0.4 is 5.32 Å². The summed E-state index contributed by atoms with van der Waals surface area (Å²) in [6, 6.07) is 0. The topological polar surface area (TPSA) is 24.9 Å². The maximum absolute atomic E-state index is 4.06. The molecule has 1 aromatic rings. The molecule has 2 heterocycles. The van der Waals surface area contributed by atoms with Crippen LogP contribution in [-0.2, 0) is 0 Å². The molecule has 4 heteroatoms. The van der Waals surface area contributed by atoms with Crippen molar-refractivity contribution in [2.75, 3.05) is 6.54 Å². The van der Waals surface area contributed by atoms with Gasteiger partial charge in [-0.05, 0) is 0 Å². The maximum atomic E-state index is 4.06. The molecule has 0 saturated carbocycles. The fourth-order valence-corrected chi connectivity index (χ4v) is 3.07. The highest BCUT2D eigenvalue weighted by Gasteiger charge is 2.23. The van der Waals surface area contributed by atoms with Gasteiger partial charge in [0.05, 0.1) is 15.8 Å². The van der Waals surface area contributed by atoms with E-state index in [0.29, 0.717) is 5.37 Å². The molecule has 0 aliphatic carbocycles. The normalized spacial score (nSPS) is 31.0. The second-order valence-corrected chi connectivity index (χ2v) is 5.11. The summed E-state index contributed by atoms with van der Waals surface area (Å²) in [5, 5.41) is 4.68. The molecule has 2 rings (SSSR count). The Hall–Kier alpha value is -0.0600. The fourth-order valence-electron chi connectivity index (χ4n) is 1.12. The molecule has 1 N–H and O–H groups in total. The van der Waals surface area contributed by atoms with Crippen molar-refractivity contribution in [3.05, 3.63) is 16.6 Å². The minimum Gasteiger partial charge on any atom is -0.300 e. The number of rotatable bonds is 1. The molecule has 1 aliphatic heterocycles. The lowest BCUT2D eigenvalue weighted by Gasteiger charge is -2.04. The Morgan fingerprint density at radius 3 is 3.18 bits per heavy atom. The van der Waals surface area contributed by atoms with Crippen molar-refractivity contribution in [3.63, 3.8) is 0 Å². The van der Waals surface area contributed by atoms with Gasteiger partial charge in [0.2, 0.25) is 0 Å². The average Bonchev–Trinajstić information content (AvgIpc) is 2.55. The highest BCUT2D eigenvalue weighted by molar-refractivity contribution is 8.00. The lowest BCUT2D eigenvalue weighted by Crippen LogP contribution is -2.12. The van der Waals surface area contributed by atoms with Crippen LogP contribution in [0.2, 0.25) is 0 Å². The van der Waals surface area contributed by atoms with Crippen LogP contribution in [0.1, 0.15) is 17.2 Å². The standard InChI is InChI=1S/C7H10N2S2/c1-5-2-9-7(11-5)6-3-8-4-10-6/h3-5,7,9H,2H2,1H3. The van der Waals surface area contributed by atoms with Gasteiger partial charge in [-0.25, -0.2) is 0 Å². The van der Waals surface area contributed by atoms with Gasteiger partial charge < -0.3 is 0 Å². The van der Waals surface area contributed by atoms with Crippen molar-refractivity contribution in [3.8, 4) is 0 Å². The van der Waals surface area contributed by atoms with Gasteiger partial charge in [-0.2, -0.15) is 0 Å². The van der Waals surface area contributed by atoms with Gasteiger partial charge >= 0.3 is 0 Å². The van der Waals surface area contributed by atoms with E-state index in [9.17, 15) is 0 Å². The van der Waals surface area contributed by atoms with Crippen LogP contribution in [-0.4, -0.2) is 16.8 Å². The number of hydrogen-bond donors (Lipinski definition) is 1. The van der Waals surface area contributed by atoms with Gasteiger partial charge in [0.15, 0.2) is 0 Å². The van der Waals surface area contributed by atoms with Crippen LogP contribution in [0, 0.1) is 0 Å². The Kier molecular flexibility index (Phi) is 2.16. The third-order valence-electron chi connectivity index (χ3n) is 1.67. The van der Waals surface area contributed by atoms with Gasteiger partial charge in [-0.15, -0.1) is 23.1 Å². The number of hydrogen-bond acceptors (Lipinski definition) is 4. The highest BCUT2D eigenvalue weighted by atomic mass is 32.2. The van der Waals surface area contributed by atoms with E-state index in [1.807, 2.05) is 23.5 Å². The zero-order chi connectivity index (χ0) is 7.68. The molecular weight excluding hydrogens is 176 g/mol. The van der Waals surface area contributed by atoms with E-state index in [1.54, 1.807) is 11.3 Å². The summed E-state index contributed by atoms with van der Waals surface area (Å²) in [5.74, 6) is 0. The minimum atomic E-state index is 0.498. The smallest absolute Gasteiger partial charge is 0.0902 e. The summed E-state index contributed by atoms with van der Waals surface area (Å²) in [4.78, 5) is 5.40. The first-order chi connectivity index (χ1) is 5.36. The van der Waals surface area contributed by atoms with Crippen LogP contribution in [0.3, 0.4) is 0 Å². The summed E-state index contributed by atoms with van der Waals surface area (Å²) < 4.78 is 0. The van der Waals surface area contributed by atoms with Crippen LogP contribution >= 0.6 is 23.1 Å². The molecule has 0 aromatic carbocycles. The quantitative estimate of drug-likeness (QED) is 0.724. The maximum Gasteiger partial charge on any atom is 0.0902 e. The van der Waals surface area contributed by atoms with E-state index in [-0.39, 0.29) is 0 Å². The molecule has 1 aromatic heterocycles. The van der Waals surface area contributed by atoms with Crippen LogP contribution in [0.25, 0.3) is 0 Å². The highest BCUT2D eigenvalue weighted by Crippen LogP contribution is 2.35. The Morgan fingerprint density at radius 2 is 2.64 bits per heavy atom. The molecule has 2 nitrogen and oxygen atoms in total. The van der Waals surface area contributed by atoms with Crippen molar-refractivity contribution in [2.45, 2.75) is 17.5 Å².